The van der Waals surface area contributed by atoms with E-state index in [1.165, 1.54) is 0 Å². The number of fused-ring (bicyclic) bond motifs is 1. The zero-order chi connectivity index (χ0) is 18.5. The summed E-state index contributed by atoms with van der Waals surface area (Å²) in [6, 6.07) is 2.21. The van der Waals surface area contributed by atoms with Crippen molar-refractivity contribution in [2.75, 3.05) is 31.6 Å². The summed E-state index contributed by atoms with van der Waals surface area (Å²) in [4.78, 5) is 21.1. The largest absolute Gasteiger partial charge is 0.346 e. The fourth-order valence-electron chi connectivity index (χ4n) is 3.38. The minimum Gasteiger partial charge on any atom is -0.346 e. The topological polar surface area (TPSA) is 96.2 Å². The minimum absolute atomic E-state index is 0.239. The lowest BCUT2D eigenvalue weighted by atomic mass is 9.92. The van der Waals surface area contributed by atoms with E-state index < -0.39 is 0 Å². The number of nitriles is 1. The van der Waals surface area contributed by atoms with Crippen LogP contribution in [0.2, 0.25) is 0 Å². The molecule has 0 aliphatic carbocycles. The summed E-state index contributed by atoms with van der Waals surface area (Å²) in [5.41, 5.74) is 0.846. The molecule has 2 aromatic heterocycles. The monoisotopic (exact) mass is 354 g/mol. The molecule has 1 saturated heterocycles. The van der Waals surface area contributed by atoms with E-state index in [0.717, 1.165) is 37.0 Å². The number of hydrogen-bond acceptors (Lipinski definition) is 5. The van der Waals surface area contributed by atoms with Crippen molar-refractivity contribution in [3.8, 4) is 6.19 Å². The highest BCUT2D eigenvalue weighted by Crippen LogP contribution is 2.24. The van der Waals surface area contributed by atoms with Crippen molar-refractivity contribution in [2.24, 2.45) is 10.9 Å². The number of piperidine rings is 1. The van der Waals surface area contributed by atoms with Gasteiger partial charge in [0.15, 0.2) is 6.19 Å². The minimum atomic E-state index is 0.239. The van der Waals surface area contributed by atoms with E-state index >= 15 is 0 Å². The molecule has 2 atom stereocenters. The van der Waals surface area contributed by atoms with Gasteiger partial charge in [0, 0.05) is 44.5 Å². The van der Waals surface area contributed by atoms with Crippen LogP contribution in [-0.2, 0) is 0 Å². The molecule has 2 N–H and O–H groups in total. The van der Waals surface area contributed by atoms with Gasteiger partial charge in [-0.1, -0.05) is 13.8 Å². The number of aromatic amines is 1. The maximum Gasteiger partial charge on any atom is 0.227 e. The van der Waals surface area contributed by atoms with E-state index in [4.69, 9.17) is 5.26 Å². The Hall–Kier alpha value is -2.82. The molecule has 0 saturated carbocycles. The van der Waals surface area contributed by atoms with Crippen LogP contribution in [0, 0.1) is 17.4 Å². The number of H-pyrrole nitrogens is 1. The van der Waals surface area contributed by atoms with Gasteiger partial charge in [0.25, 0.3) is 0 Å². The maximum absolute atomic E-state index is 9.05. The van der Waals surface area contributed by atoms with Gasteiger partial charge in [0.05, 0.1) is 6.04 Å². The van der Waals surface area contributed by atoms with Gasteiger partial charge < -0.3 is 14.8 Å². The van der Waals surface area contributed by atoms with Gasteiger partial charge in [-0.15, -0.1) is 0 Å². The quantitative estimate of drug-likeness (QED) is 0.377. The van der Waals surface area contributed by atoms with E-state index in [1.807, 2.05) is 31.7 Å². The van der Waals surface area contributed by atoms with Crippen LogP contribution in [0.3, 0.4) is 0 Å². The fraction of sp³-hybridized carbons (Fsp3) is 0.556. The molecule has 1 aliphatic heterocycles. The molecule has 8 nitrogen and oxygen atoms in total. The van der Waals surface area contributed by atoms with Gasteiger partial charge in [0.2, 0.25) is 11.9 Å². The van der Waals surface area contributed by atoms with E-state index in [9.17, 15) is 0 Å². The SMILES string of the molecule is CCCN=C(NC#N)N1CCC(C)C(N(C)c2ncc3cc[nH]c3n2)C1. The summed E-state index contributed by atoms with van der Waals surface area (Å²) < 4.78 is 0. The second-order valence-electron chi connectivity index (χ2n) is 6.78. The smallest absolute Gasteiger partial charge is 0.227 e. The molecular weight excluding hydrogens is 328 g/mol. The lowest BCUT2D eigenvalue weighted by molar-refractivity contribution is 0.234. The highest BCUT2D eigenvalue weighted by Gasteiger charge is 2.32. The van der Waals surface area contributed by atoms with Crippen LogP contribution in [0.5, 0.6) is 0 Å². The third kappa shape index (κ3) is 3.72. The summed E-state index contributed by atoms with van der Waals surface area (Å²) in [5.74, 6) is 1.87. The Balaban J connectivity index is 1.79. The van der Waals surface area contributed by atoms with Gasteiger partial charge >= 0.3 is 0 Å². The van der Waals surface area contributed by atoms with E-state index in [-0.39, 0.29) is 6.04 Å². The van der Waals surface area contributed by atoms with Gasteiger partial charge in [-0.3, -0.25) is 10.3 Å². The first-order valence-corrected chi connectivity index (χ1v) is 9.11. The van der Waals surface area contributed by atoms with Gasteiger partial charge in [-0.25, -0.2) is 4.98 Å². The van der Waals surface area contributed by atoms with Crippen LogP contribution >= 0.6 is 0 Å². The number of guanidine groups is 1. The first-order valence-electron chi connectivity index (χ1n) is 9.11. The number of aromatic nitrogens is 3. The zero-order valence-corrected chi connectivity index (χ0v) is 15.6. The molecule has 138 valence electrons. The molecule has 3 heterocycles. The molecule has 0 radical (unpaired) electrons. The molecule has 0 bridgehead atoms. The van der Waals surface area contributed by atoms with Crippen LogP contribution in [0.15, 0.2) is 23.5 Å². The highest BCUT2D eigenvalue weighted by atomic mass is 15.3. The number of aliphatic imine (C=N–C) groups is 1. The average Bonchev–Trinajstić information content (AvgIpc) is 3.13. The van der Waals surface area contributed by atoms with Crippen molar-refractivity contribution in [3.05, 3.63) is 18.5 Å². The second-order valence-corrected chi connectivity index (χ2v) is 6.78. The molecule has 0 aromatic carbocycles. The lowest BCUT2D eigenvalue weighted by Gasteiger charge is -2.42. The molecule has 26 heavy (non-hydrogen) atoms. The molecule has 0 amide bonds. The summed E-state index contributed by atoms with van der Waals surface area (Å²) in [5, 5.41) is 12.8. The van der Waals surface area contributed by atoms with Crippen LogP contribution in [-0.4, -0.2) is 58.5 Å². The molecular formula is C18H26N8. The fourth-order valence-corrected chi connectivity index (χ4v) is 3.38. The Kier molecular flexibility index (Phi) is 5.56. The molecule has 1 fully saturated rings. The lowest BCUT2D eigenvalue weighted by Crippen LogP contribution is -2.55. The predicted molar refractivity (Wildman–Crippen MR) is 103 cm³/mol. The van der Waals surface area contributed by atoms with Gasteiger partial charge in [-0.2, -0.15) is 10.2 Å². The molecule has 8 heteroatoms. The normalized spacial score (nSPS) is 20.8. The second kappa shape index (κ2) is 8.04. The number of rotatable bonds is 4. The van der Waals surface area contributed by atoms with Crippen LogP contribution in [0.1, 0.15) is 26.7 Å². The van der Waals surface area contributed by atoms with Crippen LogP contribution < -0.4 is 10.2 Å². The average molecular weight is 354 g/mol. The van der Waals surface area contributed by atoms with Crippen LogP contribution in [0.4, 0.5) is 5.95 Å². The number of anilines is 1. The highest BCUT2D eigenvalue weighted by molar-refractivity contribution is 5.81. The molecule has 2 aromatic rings. The van der Waals surface area contributed by atoms with Crippen molar-refractivity contribution in [2.45, 2.75) is 32.7 Å². The Morgan fingerprint density at radius 3 is 3.19 bits per heavy atom. The van der Waals surface area contributed by atoms with Crippen molar-refractivity contribution in [3.63, 3.8) is 0 Å². The van der Waals surface area contributed by atoms with Crippen LogP contribution in [0.25, 0.3) is 11.0 Å². The number of nitrogens with zero attached hydrogens (tertiary/aromatic N) is 6. The Morgan fingerprint density at radius 1 is 1.58 bits per heavy atom. The number of likely N-dealkylation sites (tertiary alicyclic amines) is 1. The van der Waals surface area contributed by atoms with Crippen molar-refractivity contribution in [1.29, 1.82) is 5.26 Å². The Morgan fingerprint density at radius 2 is 2.42 bits per heavy atom. The van der Waals surface area contributed by atoms with Crippen molar-refractivity contribution >= 4 is 22.9 Å². The molecule has 0 spiro atoms. The van der Waals surface area contributed by atoms with E-state index in [2.05, 4.69) is 48.9 Å². The predicted octanol–water partition coefficient (Wildman–Crippen LogP) is 1.94. The first kappa shape index (κ1) is 18.0. The van der Waals surface area contributed by atoms with Gasteiger partial charge in [-0.05, 0) is 24.8 Å². The zero-order valence-electron chi connectivity index (χ0n) is 15.6. The number of nitrogens with one attached hydrogen (secondary N) is 2. The summed E-state index contributed by atoms with van der Waals surface area (Å²) in [6.45, 7) is 6.71. The third-order valence-corrected chi connectivity index (χ3v) is 4.97. The Bertz CT molecular complexity index is 805. The molecule has 1 aliphatic rings. The number of likely N-dealkylation sites (N-methyl/N-ethyl adjacent to an activating group) is 1. The first-order chi connectivity index (χ1) is 12.6. The molecule has 3 rings (SSSR count). The summed E-state index contributed by atoms with van der Waals surface area (Å²) in [6.07, 6.45) is 7.71. The number of hydrogen-bond donors (Lipinski definition) is 2. The van der Waals surface area contributed by atoms with E-state index in [1.54, 1.807) is 0 Å². The standard InChI is InChI=1S/C18H26N8/c1-4-7-21-17(23-12-19)26-9-6-13(2)15(11-26)25(3)18-22-10-14-5-8-20-16(14)24-18/h5,8,10,13,15H,4,6-7,9,11H2,1-3H3,(H,21,23)(H,20,22,24). The van der Waals surface area contributed by atoms with E-state index in [0.29, 0.717) is 24.4 Å². The maximum atomic E-state index is 9.05. The van der Waals surface area contributed by atoms with Gasteiger partial charge in [0.1, 0.15) is 5.65 Å². The van der Waals surface area contributed by atoms with Crippen molar-refractivity contribution < 1.29 is 0 Å². The Labute approximate surface area is 153 Å². The van der Waals surface area contributed by atoms with Crippen molar-refractivity contribution in [1.82, 2.24) is 25.2 Å². The summed E-state index contributed by atoms with van der Waals surface area (Å²) >= 11 is 0. The third-order valence-electron chi connectivity index (χ3n) is 4.97. The molecule has 2 unspecified atom stereocenters. The summed E-state index contributed by atoms with van der Waals surface area (Å²) in [7, 11) is 2.04.